The molecular formula is C3H13S3+. The van der Waals surface area contributed by atoms with Gasteiger partial charge >= 0.3 is 0 Å². The van der Waals surface area contributed by atoms with Crippen molar-refractivity contribution in [3.05, 3.63) is 0 Å². The van der Waals surface area contributed by atoms with Gasteiger partial charge in [0.25, 0.3) is 0 Å². The van der Waals surface area contributed by atoms with E-state index in [0.29, 0.717) is 10.9 Å². The van der Waals surface area contributed by atoms with Crippen molar-refractivity contribution >= 4 is 37.9 Å². The van der Waals surface area contributed by atoms with Crippen molar-refractivity contribution in [2.45, 2.75) is 0 Å². The third-order valence-electron chi connectivity index (χ3n) is 0. The smallest absolute Gasteiger partial charge is 0.0969 e. The maximum atomic E-state index is 2.19. The van der Waals surface area contributed by atoms with Gasteiger partial charge in [-0.1, -0.05) is 0 Å². The summed E-state index contributed by atoms with van der Waals surface area (Å²) in [6.07, 6.45) is 6.58. The van der Waals surface area contributed by atoms with Gasteiger partial charge < -0.3 is 0 Å². The van der Waals surface area contributed by atoms with Gasteiger partial charge in [-0.2, -0.15) is 27.0 Å². The predicted octanol–water partition coefficient (Wildman–Crippen LogP) is 0.720. The molecule has 0 heterocycles. The quantitative estimate of drug-likeness (QED) is 0.441. The highest BCUT2D eigenvalue weighted by atomic mass is 32.2. The van der Waals surface area contributed by atoms with Crippen molar-refractivity contribution < 1.29 is 0 Å². The summed E-state index contributed by atoms with van der Waals surface area (Å²) in [5, 5.41) is 0. The van der Waals surface area contributed by atoms with Crippen molar-refractivity contribution in [2.75, 3.05) is 18.8 Å². The van der Waals surface area contributed by atoms with Crippen molar-refractivity contribution in [2.24, 2.45) is 0 Å². The number of hydrogen-bond acceptors (Lipinski definition) is 0. The molecule has 0 aromatic rings. The van der Waals surface area contributed by atoms with E-state index >= 15 is 0 Å². The Hall–Kier alpha value is 1.05. The zero-order chi connectivity index (χ0) is 3.58. The maximum absolute atomic E-state index is 2.19. The van der Waals surface area contributed by atoms with Crippen LogP contribution in [0.2, 0.25) is 0 Å². The lowest BCUT2D eigenvalue weighted by atomic mass is 11.9. The summed E-state index contributed by atoms with van der Waals surface area (Å²) in [5.74, 6) is 0. The summed E-state index contributed by atoms with van der Waals surface area (Å²) in [7, 11) is 0.639. The molecule has 6 heavy (non-hydrogen) atoms. The van der Waals surface area contributed by atoms with Crippen molar-refractivity contribution in [1.82, 2.24) is 0 Å². The molecule has 0 atom stereocenters. The molecule has 0 aromatic heterocycles. The van der Waals surface area contributed by atoms with Crippen LogP contribution in [-0.2, 0) is 10.9 Å². The number of hydrogen-bond donors (Lipinski definition) is 0. The highest BCUT2D eigenvalue weighted by molar-refractivity contribution is 7.94. The fraction of sp³-hybridized carbons (Fsp3) is 1.00. The van der Waals surface area contributed by atoms with E-state index in [1.54, 1.807) is 0 Å². The van der Waals surface area contributed by atoms with Gasteiger partial charge in [0, 0.05) is 0 Å². The minimum Gasteiger partial charge on any atom is -0.197 e. The van der Waals surface area contributed by atoms with Crippen LogP contribution < -0.4 is 0 Å². The molecule has 0 fully saturated rings. The zero-order valence-corrected chi connectivity index (χ0v) is 7.22. The van der Waals surface area contributed by atoms with Gasteiger partial charge in [0.05, 0.1) is 18.8 Å². The average molecular weight is 145 g/mol. The first-order valence-electron chi connectivity index (χ1n) is 1.22. The van der Waals surface area contributed by atoms with Crippen LogP contribution in [0.1, 0.15) is 0 Å². The molecule has 0 radical (unpaired) electrons. The van der Waals surface area contributed by atoms with Gasteiger partial charge in [0.1, 0.15) is 0 Å². The first-order chi connectivity index (χ1) is 1.73. The van der Waals surface area contributed by atoms with E-state index < -0.39 is 0 Å². The molecule has 0 spiro atoms. The Kier molecular flexibility index (Phi) is 24.7. The van der Waals surface area contributed by atoms with E-state index in [4.69, 9.17) is 0 Å². The fourth-order valence-corrected chi connectivity index (χ4v) is 0. The monoisotopic (exact) mass is 145 g/mol. The lowest BCUT2D eigenvalue weighted by molar-refractivity contribution is 2.18. The van der Waals surface area contributed by atoms with Crippen LogP contribution in [0.25, 0.3) is 0 Å². The Morgan fingerprint density at radius 1 is 0.833 bits per heavy atom. The van der Waals surface area contributed by atoms with Crippen LogP contribution in [0.15, 0.2) is 0 Å². The van der Waals surface area contributed by atoms with Crippen molar-refractivity contribution in [1.29, 1.82) is 0 Å². The average Bonchev–Trinajstić information content (AvgIpc) is 0.811. The Bertz CT molecular complexity index is 10.8. The second-order valence-corrected chi connectivity index (χ2v) is 3.67. The van der Waals surface area contributed by atoms with Crippen LogP contribution in [0.3, 0.4) is 0 Å². The van der Waals surface area contributed by atoms with Gasteiger partial charge in [-0.15, -0.1) is 0 Å². The van der Waals surface area contributed by atoms with Crippen LogP contribution in [0.5, 0.6) is 0 Å². The predicted molar refractivity (Wildman–Crippen MR) is 45.9 cm³/mol. The van der Waals surface area contributed by atoms with E-state index in [0.717, 1.165) is 0 Å². The van der Waals surface area contributed by atoms with Crippen molar-refractivity contribution in [3.63, 3.8) is 0 Å². The van der Waals surface area contributed by atoms with Crippen molar-refractivity contribution in [3.8, 4) is 0 Å². The normalized spacial score (nSPS) is 6.00. The molecule has 42 valence electrons. The molecule has 0 aliphatic heterocycles. The summed E-state index contributed by atoms with van der Waals surface area (Å²) in [5.41, 5.74) is 0. The Morgan fingerprint density at radius 3 is 0.833 bits per heavy atom. The second-order valence-electron chi connectivity index (χ2n) is 1.22. The van der Waals surface area contributed by atoms with E-state index in [-0.39, 0.29) is 27.0 Å². The largest absolute Gasteiger partial charge is 0.197 e. The summed E-state index contributed by atoms with van der Waals surface area (Å²) >= 11 is 0. The summed E-state index contributed by atoms with van der Waals surface area (Å²) < 4.78 is 0. The Labute approximate surface area is 56.9 Å². The molecule has 0 aliphatic carbocycles. The molecule has 0 unspecified atom stereocenters. The third-order valence-corrected chi connectivity index (χ3v) is 0. The maximum Gasteiger partial charge on any atom is 0.0969 e. The molecule has 0 amide bonds. The van der Waals surface area contributed by atoms with Gasteiger partial charge in [-0.05, 0) is 10.9 Å². The lowest BCUT2D eigenvalue weighted by Gasteiger charge is -1.69. The highest BCUT2D eigenvalue weighted by Crippen LogP contribution is 1.63. The molecule has 0 N–H and O–H groups in total. The molecule has 0 bridgehead atoms. The molecule has 0 nitrogen and oxygen atoms in total. The summed E-state index contributed by atoms with van der Waals surface area (Å²) in [4.78, 5) is 0. The van der Waals surface area contributed by atoms with Crippen LogP contribution >= 0.6 is 27.0 Å². The number of rotatable bonds is 0. The zero-order valence-electron chi connectivity index (χ0n) is 4.41. The molecule has 0 rings (SSSR count). The van der Waals surface area contributed by atoms with Gasteiger partial charge in [-0.3, -0.25) is 0 Å². The van der Waals surface area contributed by atoms with Gasteiger partial charge in [-0.25, -0.2) is 0 Å². The summed E-state index contributed by atoms with van der Waals surface area (Å²) in [6, 6.07) is 0. The minimum atomic E-state index is 0. The van der Waals surface area contributed by atoms with E-state index in [1.165, 1.54) is 0 Å². The molecular weight excluding hydrogens is 132 g/mol. The van der Waals surface area contributed by atoms with Crippen LogP contribution in [0.4, 0.5) is 0 Å². The topological polar surface area (TPSA) is 0 Å². The van der Waals surface area contributed by atoms with E-state index in [9.17, 15) is 0 Å². The minimum absolute atomic E-state index is 0. The van der Waals surface area contributed by atoms with Gasteiger partial charge in [0.15, 0.2) is 0 Å². The lowest BCUT2D eigenvalue weighted by Crippen LogP contribution is -1.84. The third kappa shape index (κ3) is 75.1. The summed E-state index contributed by atoms with van der Waals surface area (Å²) in [6.45, 7) is 0. The molecule has 0 aliphatic rings. The molecule has 0 saturated carbocycles. The first-order valence-corrected chi connectivity index (χ1v) is 3.67. The Morgan fingerprint density at radius 2 is 0.833 bits per heavy atom. The van der Waals surface area contributed by atoms with Gasteiger partial charge in [0.2, 0.25) is 0 Å². The molecule has 3 heteroatoms. The molecule has 0 aromatic carbocycles. The van der Waals surface area contributed by atoms with E-state index in [1.807, 2.05) is 0 Å². The van der Waals surface area contributed by atoms with Crippen LogP contribution in [0, 0.1) is 0 Å². The standard InChI is InChI=1S/C3H9S.2H2S/c1-4(2)3;;/h1-3H3;2*1H2/q+1;;. The molecule has 0 saturated heterocycles. The fourth-order valence-electron chi connectivity index (χ4n) is 0. The van der Waals surface area contributed by atoms with E-state index in [2.05, 4.69) is 18.8 Å². The first kappa shape index (κ1) is 15.7. The van der Waals surface area contributed by atoms with Crippen LogP contribution in [-0.4, -0.2) is 18.8 Å². The highest BCUT2D eigenvalue weighted by Gasteiger charge is 1.77. The Balaban J connectivity index is -0.0000000450. The SMILES string of the molecule is C[S+](C)C.S.S. The second kappa shape index (κ2) is 9.41.